The number of halogens is 1. The number of nitrogens with zero attached hydrogens (tertiary/aromatic N) is 4. The molecule has 2 aromatic carbocycles. The minimum atomic E-state index is -3.78. The van der Waals surface area contributed by atoms with Gasteiger partial charge in [0.1, 0.15) is 24.2 Å². The third-order valence-corrected chi connectivity index (χ3v) is 6.90. The highest BCUT2D eigenvalue weighted by molar-refractivity contribution is 7.92. The Morgan fingerprint density at radius 1 is 1.00 bits per heavy atom. The molecule has 164 valence electrons. The van der Waals surface area contributed by atoms with Crippen molar-refractivity contribution in [2.24, 2.45) is 0 Å². The van der Waals surface area contributed by atoms with Crippen LogP contribution in [-0.2, 0) is 10.0 Å². The SMILES string of the molecule is Cc1ncn(-c2cc(Oc3ccc(NS(=O)(=O)c4cccc(Cl)c4C)cc3)ncn2)c1C. The van der Waals surface area contributed by atoms with Crippen molar-refractivity contribution in [3.8, 4) is 17.4 Å². The van der Waals surface area contributed by atoms with E-state index in [-0.39, 0.29) is 4.90 Å². The quantitative estimate of drug-likeness (QED) is 0.434. The second-order valence-electron chi connectivity index (χ2n) is 7.09. The summed E-state index contributed by atoms with van der Waals surface area (Å²) in [5.41, 5.74) is 2.77. The van der Waals surface area contributed by atoms with Crippen molar-refractivity contribution >= 4 is 27.3 Å². The molecule has 4 rings (SSSR count). The van der Waals surface area contributed by atoms with Crippen LogP contribution in [0.5, 0.6) is 11.6 Å². The van der Waals surface area contributed by atoms with Crippen molar-refractivity contribution in [1.29, 1.82) is 0 Å². The lowest BCUT2D eigenvalue weighted by atomic mass is 10.2. The number of rotatable bonds is 6. The first-order valence-electron chi connectivity index (χ1n) is 9.63. The van der Waals surface area contributed by atoms with Crippen LogP contribution in [0.15, 0.2) is 66.1 Å². The number of benzene rings is 2. The molecule has 0 saturated carbocycles. The third kappa shape index (κ3) is 4.44. The highest BCUT2D eigenvalue weighted by Crippen LogP contribution is 2.27. The normalized spacial score (nSPS) is 11.4. The summed E-state index contributed by atoms with van der Waals surface area (Å²) in [7, 11) is -3.78. The molecule has 0 aliphatic carbocycles. The van der Waals surface area contributed by atoms with Gasteiger partial charge in [0.2, 0.25) is 5.88 Å². The molecule has 0 radical (unpaired) electrons. The lowest BCUT2D eigenvalue weighted by Crippen LogP contribution is -2.14. The van der Waals surface area contributed by atoms with Gasteiger partial charge in [-0.15, -0.1) is 0 Å². The van der Waals surface area contributed by atoms with Crippen molar-refractivity contribution in [3.05, 3.63) is 83.2 Å². The fourth-order valence-corrected chi connectivity index (χ4v) is 4.61. The molecule has 0 fully saturated rings. The van der Waals surface area contributed by atoms with Crippen molar-refractivity contribution in [2.45, 2.75) is 25.7 Å². The number of anilines is 1. The molecular weight excluding hydrogens is 450 g/mol. The van der Waals surface area contributed by atoms with E-state index in [9.17, 15) is 8.42 Å². The Morgan fingerprint density at radius 3 is 2.44 bits per heavy atom. The van der Waals surface area contributed by atoms with Crippen LogP contribution in [-0.4, -0.2) is 27.9 Å². The number of aromatic nitrogens is 4. The van der Waals surface area contributed by atoms with Crippen LogP contribution in [0.25, 0.3) is 5.82 Å². The van der Waals surface area contributed by atoms with Crippen molar-refractivity contribution in [1.82, 2.24) is 19.5 Å². The summed E-state index contributed by atoms with van der Waals surface area (Å²) in [6, 6.07) is 13.0. The van der Waals surface area contributed by atoms with E-state index in [4.69, 9.17) is 16.3 Å². The van der Waals surface area contributed by atoms with E-state index in [1.54, 1.807) is 55.7 Å². The van der Waals surface area contributed by atoms with Gasteiger partial charge in [-0.05, 0) is 62.7 Å². The lowest BCUT2D eigenvalue weighted by molar-refractivity contribution is 0.461. The largest absolute Gasteiger partial charge is 0.439 e. The number of nitrogens with one attached hydrogen (secondary N) is 1. The molecule has 2 aromatic heterocycles. The second kappa shape index (κ2) is 8.60. The zero-order valence-electron chi connectivity index (χ0n) is 17.6. The average molecular weight is 470 g/mol. The number of aryl methyl sites for hydroxylation is 1. The number of imidazole rings is 1. The van der Waals surface area contributed by atoms with Gasteiger partial charge < -0.3 is 4.74 Å². The zero-order valence-corrected chi connectivity index (χ0v) is 19.1. The van der Waals surface area contributed by atoms with Gasteiger partial charge in [-0.3, -0.25) is 9.29 Å². The highest BCUT2D eigenvalue weighted by Gasteiger charge is 2.18. The van der Waals surface area contributed by atoms with E-state index < -0.39 is 10.0 Å². The molecule has 0 atom stereocenters. The Morgan fingerprint density at radius 2 is 1.75 bits per heavy atom. The molecule has 1 N–H and O–H groups in total. The molecule has 4 aromatic rings. The molecule has 8 nitrogen and oxygen atoms in total. The summed E-state index contributed by atoms with van der Waals surface area (Å²) in [4.78, 5) is 12.8. The predicted octanol–water partition coefficient (Wildman–Crippen LogP) is 4.83. The maximum Gasteiger partial charge on any atom is 0.262 e. The van der Waals surface area contributed by atoms with Crippen LogP contribution in [0, 0.1) is 20.8 Å². The van der Waals surface area contributed by atoms with Crippen LogP contribution in [0.4, 0.5) is 5.69 Å². The standard InChI is InChI=1S/C22H20ClN5O3S/c1-14-19(23)5-4-6-20(14)32(29,30)27-17-7-9-18(10-8-17)31-22-11-21(24-12-25-22)28-13-26-15(2)16(28)3/h4-13,27H,1-3H3. The topological polar surface area (TPSA) is 99.0 Å². The second-order valence-corrected chi connectivity index (χ2v) is 9.15. The lowest BCUT2D eigenvalue weighted by Gasteiger charge is -2.12. The summed E-state index contributed by atoms with van der Waals surface area (Å²) in [5, 5.41) is 0.391. The number of hydrogen-bond donors (Lipinski definition) is 1. The van der Waals surface area contributed by atoms with Gasteiger partial charge >= 0.3 is 0 Å². The minimum Gasteiger partial charge on any atom is -0.439 e. The van der Waals surface area contributed by atoms with Crippen LogP contribution >= 0.6 is 11.6 Å². The van der Waals surface area contributed by atoms with Crippen LogP contribution in [0.3, 0.4) is 0 Å². The van der Waals surface area contributed by atoms with E-state index in [2.05, 4.69) is 19.7 Å². The van der Waals surface area contributed by atoms with E-state index in [0.717, 1.165) is 11.4 Å². The fraction of sp³-hybridized carbons (Fsp3) is 0.136. The van der Waals surface area contributed by atoms with Gasteiger partial charge in [-0.25, -0.2) is 23.4 Å². The van der Waals surface area contributed by atoms with E-state index in [1.807, 2.05) is 18.4 Å². The Kier molecular flexibility index (Phi) is 5.86. The summed E-state index contributed by atoms with van der Waals surface area (Å²) >= 11 is 6.06. The molecule has 0 saturated heterocycles. The van der Waals surface area contributed by atoms with Gasteiger partial charge in [0.25, 0.3) is 10.0 Å². The molecular formula is C22H20ClN5O3S. The molecule has 0 unspecified atom stereocenters. The van der Waals surface area contributed by atoms with Gasteiger partial charge in [0, 0.05) is 22.5 Å². The van der Waals surface area contributed by atoms with Gasteiger partial charge in [-0.2, -0.15) is 0 Å². The summed E-state index contributed by atoms with van der Waals surface area (Å²) in [5.74, 6) is 1.48. The first kappa shape index (κ1) is 21.8. The van der Waals surface area contributed by atoms with Crippen LogP contribution in [0.1, 0.15) is 17.0 Å². The molecule has 0 bridgehead atoms. The molecule has 10 heteroatoms. The fourth-order valence-electron chi connectivity index (χ4n) is 3.05. The zero-order chi connectivity index (χ0) is 22.9. The summed E-state index contributed by atoms with van der Waals surface area (Å²) < 4.78 is 35.7. The first-order chi connectivity index (χ1) is 15.2. The average Bonchev–Trinajstić information content (AvgIpc) is 3.10. The van der Waals surface area contributed by atoms with Crippen LogP contribution < -0.4 is 9.46 Å². The Bertz CT molecular complexity index is 1390. The maximum absolute atomic E-state index is 12.7. The highest BCUT2D eigenvalue weighted by atomic mass is 35.5. The molecule has 0 amide bonds. The van der Waals surface area contributed by atoms with Crippen molar-refractivity contribution in [2.75, 3.05) is 4.72 Å². The Balaban J connectivity index is 1.51. The van der Waals surface area contributed by atoms with E-state index in [1.165, 1.54) is 12.4 Å². The molecule has 0 aliphatic rings. The van der Waals surface area contributed by atoms with Gasteiger partial charge in [0.05, 0.1) is 10.6 Å². The van der Waals surface area contributed by atoms with E-state index in [0.29, 0.717) is 33.7 Å². The van der Waals surface area contributed by atoms with Gasteiger partial charge in [-0.1, -0.05) is 17.7 Å². The summed E-state index contributed by atoms with van der Waals surface area (Å²) in [6.45, 7) is 5.54. The van der Waals surface area contributed by atoms with E-state index >= 15 is 0 Å². The monoisotopic (exact) mass is 469 g/mol. The molecule has 2 heterocycles. The third-order valence-electron chi connectivity index (χ3n) is 4.96. The number of sulfonamides is 1. The van der Waals surface area contributed by atoms with Gasteiger partial charge in [0.15, 0.2) is 0 Å². The minimum absolute atomic E-state index is 0.129. The number of hydrogen-bond acceptors (Lipinski definition) is 6. The molecule has 0 spiro atoms. The van der Waals surface area contributed by atoms with Crippen molar-refractivity contribution in [3.63, 3.8) is 0 Å². The Labute approximate surface area is 191 Å². The maximum atomic E-state index is 12.7. The predicted molar refractivity (Wildman–Crippen MR) is 122 cm³/mol. The smallest absolute Gasteiger partial charge is 0.262 e. The first-order valence-corrected chi connectivity index (χ1v) is 11.5. The van der Waals surface area contributed by atoms with Crippen molar-refractivity contribution < 1.29 is 13.2 Å². The number of ether oxygens (including phenoxy) is 1. The Hall–Kier alpha value is -3.43. The molecule has 32 heavy (non-hydrogen) atoms. The van der Waals surface area contributed by atoms with Crippen LogP contribution in [0.2, 0.25) is 5.02 Å². The summed E-state index contributed by atoms with van der Waals surface area (Å²) in [6.07, 6.45) is 3.11. The molecule has 0 aliphatic heterocycles.